The summed E-state index contributed by atoms with van der Waals surface area (Å²) in [6.07, 6.45) is 0.838. The van der Waals surface area contributed by atoms with Gasteiger partial charge < -0.3 is 10.6 Å². The molecule has 0 aromatic heterocycles. The zero-order chi connectivity index (χ0) is 17.4. The Morgan fingerprint density at radius 3 is 2.00 bits per heavy atom. The van der Waals surface area contributed by atoms with E-state index in [-0.39, 0.29) is 17.9 Å². The highest BCUT2D eigenvalue weighted by molar-refractivity contribution is 5.87. The fraction of sp³-hybridized carbons (Fsp3) is 0.381. The lowest BCUT2D eigenvalue weighted by molar-refractivity contribution is -0.123. The maximum Gasteiger partial charge on any atom is 0.228 e. The van der Waals surface area contributed by atoms with Crippen LogP contribution in [0.5, 0.6) is 0 Å². The zero-order valence-corrected chi connectivity index (χ0v) is 14.9. The molecule has 0 saturated carbocycles. The minimum Gasteiger partial charge on any atom is -0.345 e. The predicted octanol–water partition coefficient (Wildman–Crippen LogP) is 4.02. The molecule has 0 bridgehead atoms. The van der Waals surface area contributed by atoms with Gasteiger partial charge in [-0.15, -0.1) is 0 Å². The highest BCUT2D eigenvalue weighted by atomic mass is 16.2. The Morgan fingerprint density at radius 1 is 0.875 bits per heavy atom. The molecule has 2 atom stereocenters. The topological polar surface area (TPSA) is 41.1 Å². The Labute approximate surface area is 145 Å². The molecule has 1 aliphatic heterocycles. The molecule has 3 rings (SSSR count). The van der Waals surface area contributed by atoms with Crippen molar-refractivity contribution in [3.8, 4) is 0 Å². The quantitative estimate of drug-likeness (QED) is 0.892. The van der Waals surface area contributed by atoms with Gasteiger partial charge >= 0.3 is 0 Å². The lowest BCUT2D eigenvalue weighted by Crippen LogP contribution is -2.38. The molecule has 128 valence electrons. The van der Waals surface area contributed by atoms with Crippen molar-refractivity contribution >= 4 is 5.91 Å². The number of nitrogens with one attached hydrogen (secondary N) is 2. The van der Waals surface area contributed by atoms with Crippen molar-refractivity contribution in [1.82, 2.24) is 10.6 Å². The van der Waals surface area contributed by atoms with E-state index in [4.69, 9.17) is 0 Å². The predicted molar refractivity (Wildman–Crippen MR) is 100 cm³/mol. The molecular formula is C21H28N2O. The third-order valence-electron chi connectivity index (χ3n) is 4.33. The van der Waals surface area contributed by atoms with Crippen molar-refractivity contribution in [3.63, 3.8) is 0 Å². The molecule has 1 amide bonds. The average Bonchev–Trinajstić information content (AvgIpc) is 2.63. The number of carbonyl (C=O) groups excluding carboxylic acids is 1. The van der Waals surface area contributed by atoms with Gasteiger partial charge in [-0.1, -0.05) is 75.4 Å². The standard InChI is InChI=1S/C17H17NO.C4H11N/c1-2-13-14-10-6-7-11-15(14)16(18-17(13)19)12-8-4-3-5-9-12;1-3-5-4-2/h3-11,13,16H,2H2,1H3,(H,18,19);5H,3-4H2,1-2H3. The first-order valence-corrected chi connectivity index (χ1v) is 8.87. The molecule has 3 nitrogen and oxygen atoms in total. The zero-order valence-electron chi connectivity index (χ0n) is 14.9. The van der Waals surface area contributed by atoms with E-state index in [1.54, 1.807) is 0 Å². The van der Waals surface area contributed by atoms with E-state index in [0.29, 0.717) is 0 Å². The van der Waals surface area contributed by atoms with Gasteiger partial charge in [-0.25, -0.2) is 0 Å². The van der Waals surface area contributed by atoms with E-state index in [1.807, 2.05) is 30.3 Å². The minimum absolute atomic E-state index is 0.0174. The Balaban J connectivity index is 0.000000368. The molecule has 0 fully saturated rings. The Kier molecular flexibility index (Phi) is 7.01. The van der Waals surface area contributed by atoms with Crippen molar-refractivity contribution in [2.75, 3.05) is 13.1 Å². The Bertz CT molecular complexity index is 637. The normalized spacial score (nSPS) is 18.9. The van der Waals surface area contributed by atoms with E-state index in [1.165, 1.54) is 11.1 Å². The second kappa shape index (κ2) is 9.24. The van der Waals surface area contributed by atoms with Crippen LogP contribution in [0.3, 0.4) is 0 Å². The first kappa shape index (κ1) is 18.2. The molecule has 2 aromatic rings. The summed E-state index contributed by atoms with van der Waals surface area (Å²) in [4.78, 5) is 12.3. The smallest absolute Gasteiger partial charge is 0.228 e. The van der Waals surface area contributed by atoms with Crippen molar-refractivity contribution < 1.29 is 4.79 Å². The number of benzene rings is 2. The largest absolute Gasteiger partial charge is 0.345 e. The first-order valence-electron chi connectivity index (χ1n) is 8.87. The minimum atomic E-state index is -0.0206. The molecule has 3 heteroatoms. The number of carbonyl (C=O) groups is 1. The SMILES string of the molecule is CCC1C(=O)NC(c2ccccc2)c2ccccc21.CCNCC. The lowest BCUT2D eigenvalue weighted by atomic mass is 9.82. The van der Waals surface area contributed by atoms with E-state index < -0.39 is 0 Å². The van der Waals surface area contributed by atoms with Crippen LogP contribution in [-0.4, -0.2) is 19.0 Å². The van der Waals surface area contributed by atoms with E-state index in [2.05, 4.69) is 55.7 Å². The molecule has 2 unspecified atom stereocenters. The summed E-state index contributed by atoms with van der Waals surface area (Å²) >= 11 is 0. The average molecular weight is 324 g/mol. The van der Waals surface area contributed by atoms with E-state index >= 15 is 0 Å². The molecule has 1 aliphatic rings. The van der Waals surface area contributed by atoms with Gasteiger partial charge in [0, 0.05) is 0 Å². The molecule has 0 aliphatic carbocycles. The molecule has 0 radical (unpaired) electrons. The first-order chi connectivity index (χ1) is 11.7. The van der Waals surface area contributed by atoms with Crippen LogP contribution in [0.25, 0.3) is 0 Å². The fourth-order valence-corrected chi connectivity index (χ4v) is 3.12. The highest BCUT2D eigenvalue weighted by Crippen LogP contribution is 2.35. The van der Waals surface area contributed by atoms with Gasteiger partial charge in [-0.05, 0) is 36.2 Å². The van der Waals surface area contributed by atoms with Gasteiger partial charge in [0.2, 0.25) is 5.91 Å². The number of fused-ring (bicyclic) bond motifs is 1. The molecule has 24 heavy (non-hydrogen) atoms. The molecule has 2 N–H and O–H groups in total. The van der Waals surface area contributed by atoms with Gasteiger partial charge in [-0.3, -0.25) is 4.79 Å². The summed E-state index contributed by atoms with van der Waals surface area (Å²) in [6.45, 7) is 8.45. The summed E-state index contributed by atoms with van der Waals surface area (Å²) in [5.74, 6) is 0.117. The van der Waals surface area contributed by atoms with Gasteiger partial charge in [0.15, 0.2) is 0 Å². The summed E-state index contributed by atoms with van der Waals surface area (Å²) in [6, 6.07) is 18.4. The van der Waals surface area contributed by atoms with Gasteiger partial charge in [0.25, 0.3) is 0 Å². The second-order valence-electron chi connectivity index (χ2n) is 5.90. The van der Waals surface area contributed by atoms with Gasteiger partial charge in [-0.2, -0.15) is 0 Å². The maximum absolute atomic E-state index is 12.3. The van der Waals surface area contributed by atoms with Crippen LogP contribution in [0.15, 0.2) is 54.6 Å². The third-order valence-corrected chi connectivity index (χ3v) is 4.33. The van der Waals surface area contributed by atoms with Crippen LogP contribution in [0.2, 0.25) is 0 Å². The molecule has 2 aromatic carbocycles. The monoisotopic (exact) mass is 324 g/mol. The summed E-state index contributed by atoms with van der Waals surface area (Å²) < 4.78 is 0. The van der Waals surface area contributed by atoms with Crippen molar-refractivity contribution in [2.45, 2.75) is 39.2 Å². The van der Waals surface area contributed by atoms with Gasteiger partial charge in [0.1, 0.15) is 0 Å². The van der Waals surface area contributed by atoms with E-state index in [9.17, 15) is 4.79 Å². The van der Waals surface area contributed by atoms with Crippen LogP contribution in [0, 0.1) is 0 Å². The fourth-order valence-electron chi connectivity index (χ4n) is 3.12. The van der Waals surface area contributed by atoms with E-state index in [0.717, 1.165) is 25.1 Å². The highest BCUT2D eigenvalue weighted by Gasteiger charge is 2.32. The van der Waals surface area contributed by atoms with Crippen LogP contribution in [0.1, 0.15) is 55.8 Å². The number of hydrogen-bond donors (Lipinski definition) is 2. The van der Waals surface area contributed by atoms with Crippen LogP contribution < -0.4 is 10.6 Å². The van der Waals surface area contributed by atoms with Crippen molar-refractivity contribution in [3.05, 3.63) is 71.3 Å². The summed E-state index contributed by atoms with van der Waals surface area (Å²) in [7, 11) is 0. The molecule has 1 heterocycles. The summed E-state index contributed by atoms with van der Waals surface area (Å²) in [5.41, 5.74) is 3.53. The van der Waals surface area contributed by atoms with Crippen molar-refractivity contribution in [2.24, 2.45) is 0 Å². The van der Waals surface area contributed by atoms with Crippen LogP contribution in [0.4, 0.5) is 0 Å². The number of amides is 1. The Morgan fingerprint density at radius 2 is 1.46 bits per heavy atom. The van der Waals surface area contributed by atoms with Crippen molar-refractivity contribution in [1.29, 1.82) is 0 Å². The van der Waals surface area contributed by atoms with Crippen LogP contribution >= 0.6 is 0 Å². The van der Waals surface area contributed by atoms with Gasteiger partial charge in [0.05, 0.1) is 12.0 Å². The molecule has 0 saturated heterocycles. The Hall–Kier alpha value is -2.13. The second-order valence-corrected chi connectivity index (χ2v) is 5.90. The molecular weight excluding hydrogens is 296 g/mol. The third kappa shape index (κ3) is 4.24. The lowest BCUT2D eigenvalue weighted by Gasteiger charge is -2.31. The maximum atomic E-state index is 12.3. The number of hydrogen-bond acceptors (Lipinski definition) is 2. The summed E-state index contributed by atoms with van der Waals surface area (Å²) in [5, 5.41) is 6.26. The molecule has 0 spiro atoms. The van der Waals surface area contributed by atoms with Crippen LogP contribution in [-0.2, 0) is 4.79 Å². The number of rotatable bonds is 4.